The summed E-state index contributed by atoms with van der Waals surface area (Å²) in [5, 5.41) is 7.42. The summed E-state index contributed by atoms with van der Waals surface area (Å²) < 4.78 is 11.7. The third-order valence-electron chi connectivity index (χ3n) is 3.64. The minimum atomic E-state index is 0.409. The van der Waals surface area contributed by atoms with Gasteiger partial charge in [-0.25, -0.2) is 0 Å². The van der Waals surface area contributed by atoms with Gasteiger partial charge in [0.05, 0.1) is 18.0 Å². The van der Waals surface area contributed by atoms with Crippen molar-refractivity contribution in [1.82, 2.24) is 10.2 Å². The fourth-order valence-corrected chi connectivity index (χ4v) is 2.36. The van der Waals surface area contributed by atoms with Crippen LogP contribution in [0.25, 0.3) is 11.3 Å². The van der Waals surface area contributed by atoms with Crippen molar-refractivity contribution in [2.45, 2.75) is 20.5 Å². The zero-order valence-electron chi connectivity index (χ0n) is 14.5. The third-order valence-corrected chi connectivity index (χ3v) is 3.64. The first-order valence-electron chi connectivity index (χ1n) is 8.36. The quantitative estimate of drug-likeness (QED) is 0.631. The maximum Gasteiger partial charge on any atom is 0.130 e. The van der Waals surface area contributed by atoms with Crippen molar-refractivity contribution in [3.8, 4) is 22.8 Å². The minimum Gasteiger partial charge on any atom is -0.493 e. The molecule has 1 heterocycles. The first-order chi connectivity index (χ1) is 12.1. The molecular weight excluding hydrogens is 314 g/mol. The van der Waals surface area contributed by atoms with Gasteiger partial charge in [-0.15, -0.1) is 0 Å². The SMILES string of the molecule is CC(C)COc1ccccc1-c1cc(COc2ccc(N)cc2)[nH]n1. The Morgan fingerprint density at radius 1 is 1.04 bits per heavy atom. The normalized spacial score (nSPS) is 10.8. The topological polar surface area (TPSA) is 73.2 Å². The van der Waals surface area contributed by atoms with Crippen LogP contribution in [0.3, 0.4) is 0 Å². The van der Waals surface area contributed by atoms with Gasteiger partial charge in [-0.3, -0.25) is 5.10 Å². The summed E-state index contributed by atoms with van der Waals surface area (Å²) in [6.45, 7) is 5.34. The van der Waals surface area contributed by atoms with Gasteiger partial charge >= 0.3 is 0 Å². The summed E-state index contributed by atoms with van der Waals surface area (Å²) in [5.74, 6) is 2.08. The number of rotatable bonds is 7. The van der Waals surface area contributed by atoms with Crippen LogP contribution in [0, 0.1) is 5.92 Å². The Kier molecular flexibility index (Phi) is 5.23. The standard InChI is InChI=1S/C20H23N3O2/c1-14(2)12-25-20-6-4-3-5-18(20)19-11-16(22-23-19)13-24-17-9-7-15(21)8-10-17/h3-11,14H,12-13,21H2,1-2H3,(H,22,23). The molecule has 0 radical (unpaired) electrons. The van der Waals surface area contributed by atoms with Crippen molar-refractivity contribution < 1.29 is 9.47 Å². The molecule has 3 aromatic rings. The Labute approximate surface area is 147 Å². The second-order valence-corrected chi connectivity index (χ2v) is 6.34. The Balaban J connectivity index is 1.70. The minimum absolute atomic E-state index is 0.409. The van der Waals surface area contributed by atoms with E-state index in [2.05, 4.69) is 24.0 Å². The highest BCUT2D eigenvalue weighted by Crippen LogP contribution is 2.29. The molecule has 1 aromatic heterocycles. The number of hydrogen-bond acceptors (Lipinski definition) is 4. The number of nitrogens with zero attached hydrogens (tertiary/aromatic N) is 1. The lowest BCUT2D eigenvalue weighted by Gasteiger charge is -2.11. The summed E-state index contributed by atoms with van der Waals surface area (Å²) in [4.78, 5) is 0. The van der Waals surface area contributed by atoms with Crippen LogP contribution in [0.2, 0.25) is 0 Å². The van der Waals surface area contributed by atoms with Crippen LogP contribution in [-0.2, 0) is 6.61 Å². The van der Waals surface area contributed by atoms with Crippen LogP contribution in [0.15, 0.2) is 54.6 Å². The lowest BCUT2D eigenvalue weighted by molar-refractivity contribution is 0.272. The molecule has 25 heavy (non-hydrogen) atoms. The number of aromatic amines is 1. The third kappa shape index (κ3) is 4.53. The van der Waals surface area contributed by atoms with E-state index in [1.807, 2.05) is 54.6 Å². The Morgan fingerprint density at radius 2 is 1.80 bits per heavy atom. The number of ether oxygens (including phenoxy) is 2. The summed E-state index contributed by atoms with van der Waals surface area (Å²) >= 11 is 0. The summed E-state index contributed by atoms with van der Waals surface area (Å²) in [5.41, 5.74) is 9.10. The van der Waals surface area contributed by atoms with Crippen LogP contribution in [-0.4, -0.2) is 16.8 Å². The van der Waals surface area contributed by atoms with E-state index in [1.165, 1.54) is 0 Å². The van der Waals surface area contributed by atoms with Crippen LogP contribution in [0.4, 0.5) is 5.69 Å². The summed E-state index contributed by atoms with van der Waals surface area (Å²) in [6.07, 6.45) is 0. The fourth-order valence-electron chi connectivity index (χ4n) is 2.36. The van der Waals surface area contributed by atoms with Crippen LogP contribution >= 0.6 is 0 Å². The number of anilines is 1. The maximum atomic E-state index is 5.91. The molecule has 130 valence electrons. The lowest BCUT2D eigenvalue weighted by Crippen LogP contribution is -2.05. The van der Waals surface area contributed by atoms with Crippen molar-refractivity contribution in [3.05, 3.63) is 60.3 Å². The predicted octanol–water partition coefficient (Wildman–Crippen LogP) is 4.27. The van der Waals surface area contributed by atoms with Crippen molar-refractivity contribution in [2.75, 3.05) is 12.3 Å². The van der Waals surface area contributed by atoms with Gasteiger partial charge < -0.3 is 15.2 Å². The highest BCUT2D eigenvalue weighted by atomic mass is 16.5. The van der Waals surface area contributed by atoms with Gasteiger partial charge in [0.25, 0.3) is 0 Å². The molecule has 5 heteroatoms. The number of nitrogen functional groups attached to an aromatic ring is 1. The fraction of sp³-hybridized carbons (Fsp3) is 0.250. The second-order valence-electron chi connectivity index (χ2n) is 6.34. The van der Waals surface area contributed by atoms with E-state index < -0.39 is 0 Å². The number of benzene rings is 2. The average Bonchev–Trinajstić information content (AvgIpc) is 3.08. The zero-order chi connectivity index (χ0) is 17.6. The highest BCUT2D eigenvalue weighted by molar-refractivity contribution is 5.67. The smallest absolute Gasteiger partial charge is 0.130 e. The number of aromatic nitrogens is 2. The molecule has 3 N–H and O–H groups in total. The molecular formula is C20H23N3O2. The first-order valence-corrected chi connectivity index (χ1v) is 8.36. The maximum absolute atomic E-state index is 5.91. The largest absolute Gasteiger partial charge is 0.493 e. The van der Waals surface area contributed by atoms with Gasteiger partial charge in [0.1, 0.15) is 18.1 Å². The Hall–Kier alpha value is -2.95. The van der Waals surface area contributed by atoms with E-state index in [-0.39, 0.29) is 0 Å². The molecule has 3 rings (SSSR count). The van der Waals surface area contributed by atoms with Crippen LogP contribution in [0.5, 0.6) is 11.5 Å². The summed E-state index contributed by atoms with van der Waals surface area (Å²) in [7, 11) is 0. The van der Waals surface area contributed by atoms with E-state index in [9.17, 15) is 0 Å². The van der Waals surface area contributed by atoms with Gasteiger partial charge in [0.15, 0.2) is 0 Å². The van der Waals surface area contributed by atoms with Crippen molar-refractivity contribution in [2.24, 2.45) is 5.92 Å². The molecule has 0 spiro atoms. The molecule has 0 atom stereocenters. The van der Waals surface area contributed by atoms with Crippen molar-refractivity contribution in [1.29, 1.82) is 0 Å². The molecule has 0 unspecified atom stereocenters. The van der Waals surface area contributed by atoms with E-state index in [1.54, 1.807) is 0 Å². The zero-order valence-corrected chi connectivity index (χ0v) is 14.5. The molecule has 5 nitrogen and oxygen atoms in total. The van der Waals surface area contributed by atoms with Gasteiger partial charge in [-0.05, 0) is 48.4 Å². The Morgan fingerprint density at radius 3 is 2.56 bits per heavy atom. The average molecular weight is 337 g/mol. The number of H-pyrrole nitrogens is 1. The molecule has 0 fully saturated rings. The number of nitrogens with two attached hydrogens (primary N) is 1. The molecule has 0 amide bonds. The monoisotopic (exact) mass is 337 g/mol. The molecule has 0 saturated heterocycles. The molecule has 0 aliphatic heterocycles. The van der Waals surface area contributed by atoms with E-state index >= 15 is 0 Å². The second kappa shape index (κ2) is 7.75. The lowest BCUT2D eigenvalue weighted by atomic mass is 10.1. The first kappa shape index (κ1) is 16.9. The van der Waals surface area contributed by atoms with E-state index in [4.69, 9.17) is 15.2 Å². The molecule has 0 saturated carbocycles. The van der Waals surface area contributed by atoms with Crippen LogP contribution < -0.4 is 15.2 Å². The molecule has 0 aliphatic rings. The number of nitrogens with one attached hydrogen (secondary N) is 1. The van der Waals surface area contributed by atoms with Crippen molar-refractivity contribution in [3.63, 3.8) is 0 Å². The summed E-state index contributed by atoms with van der Waals surface area (Å²) in [6, 6.07) is 17.2. The van der Waals surface area contributed by atoms with Gasteiger partial charge in [-0.2, -0.15) is 5.10 Å². The highest BCUT2D eigenvalue weighted by Gasteiger charge is 2.10. The van der Waals surface area contributed by atoms with E-state index in [0.29, 0.717) is 24.8 Å². The number of para-hydroxylation sites is 1. The van der Waals surface area contributed by atoms with Crippen molar-refractivity contribution >= 4 is 5.69 Å². The molecule has 0 aliphatic carbocycles. The van der Waals surface area contributed by atoms with Gasteiger partial charge in [0, 0.05) is 11.3 Å². The Bertz CT molecular complexity index is 810. The number of hydrogen-bond donors (Lipinski definition) is 2. The van der Waals surface area contributed by atoms with Gasteiger partial charge in [-0.1, -0.05) is 26.0 Å². The molecule has 2 aromatic carbocycles. The molecule has 0 bridgehead atoms. The van der Waals surface area contributed by atoms with E-state index in [0.717, 1.165) is 28.5 Å². The van der Waals surface area contributed by atoms with Crippen LogP contribution in [0.1, 0.15) is 19.5 Å². The van der Waals surface area contributed by atoms with Gasteiger partial charge in [0.2, 0.25) is 0 Å². The predicted molar refractivity (Wildman–Crippen MR) is 99.5 cm³/mol.